The lowest BCUT2D eigenvalue weighted by molar-refractivity contribution is 0.819. The predicted molar refractivity (Wildman–Crippen MR) is 238 cm³/mol. The van der Waals surface area contributed by atoms with Crippen molar-refractivity contribution in [1.82, 2.24) is 4.98 Å². The zero-order valence-corrected chi connectivity index (χ0v) is 32.9. The van der Waals surface area contributed by atoms with E-state index in [9.17, 15) is 0 Å². The summed E-state index contributed by atoms with van der Waals surface area (Å²) in [5.41, 5.74) is 13.7. The van der Waals surface area contributed by atoms with E-state index >= 15 is 0 Å². The number of amidine groups is 1. The molecule has 1 aromatic heterocycles. The standard InChI is InChI=1S/C47H35I2N3/c1-31(50-47(35-21-12-5-13-22-35)51-44(30-48)34-19-10-4-11-20-34)36-23-14-24-37(25-36)40-26-38(32-15-6-2-7-16-32)27-41-42-28-39(33-17-8-3-9-18-33)29-43(49)46(42)52-45(40)41/h2-29,31,52H,30H2,1H3/b50-47-,51-44+/t31-/m0/s1. The Labute approximate surface area is 331 Å². The minimum Gasteiger partial charge on any atom is -0.353 e. The predicted octanol–water partition coefficient (Wildman–Crippen LogP) is 13.4. The molecule has 0 bridgehead atoms. The van der Waals surface area contributed by atoms with E-state index in [0.29, 0.717) is 0 Å². The van der Waals surface area contributed by atoms with E-state index in [1.54, 1.807) is 0 Å². The first-order valence-electron chi connectivity index (χ1n) is 17.4. The summed E-state index contributed by atoms with van der Waals surface area (Å²) in [4.78, 5) is 14.3. The fourth-order valence-corrected chi connectivity index (χ4v) is 8.16. The van der Waals surface area contributed by atoms with Crippen LogP contribution in [0.15, 0.2) is 180 Å². The minimum absolute atomic E-state index is 0.130. The van der Waals surface area contributed by atoms with Gasteiger partial charge in [0.2, 0.25) is 0 Å². The molecule has 0 unspecified atom stereocenters. The second-order valence-electron chi connectivity index (χ2n) is 12.9. The molecule has 252 valence electrons. The highest BCUT2D eigenvalue weighted by Gasteiger charge is 2.17. The van der Waals surface area contributed by atoms with Crippen LogP contribution in [0.2, 0.25) is 0 Å². The highest BCUT2D eigenvalue weighted by Crippen LogP contribution is 2.41. The van der Waals surface area contributed by atoms with E-state index in [0.717, 1.165) is 49.3 Å². The van der Waals surface area contributed by atoms with Gasteiger partial charge >= 0.3 is 0 Å². The molecule has 8 aromatic rings. The van der Waals surface area contributed by atoms with E-state index < -0.39 is 0 Å². The number of hydrogen-bond acceptors (Lipinski definition) is 1. The van der Waals surface area contributed by atoms with E-state index in [1.807, 2.05) is 24.3 Å². The fraction of sp³-hybridized carbons (Fsp3) is 0.0638. The number of nitrogens with zero attached hydrogens (tertiary/aromatic N) is 2. The molecule has 0 fully saturated rings. The van der Waals surface area contributed by atoms with Crippen molar-refractivity contribution in [3.8, 4) is 33.4 Å². The van der Waals surface area contributed by atoms with Crippen LogP contribution in [0.5, 0.6) is 0 Å². The third kappa shape index (κ3) is 7.12. The second-order valence-corrected chi connectivity index (χ2v) is 14.8. The molecule has 0 spiro atoms. The van der Waals surface area contributed by atoms with Gasteiger partial charge in [-0.2, -0.15) is 0 Å². The first kappa shape index (κ1) is 34.2. The van der Waals surface area contributed by atoms with Crippen LogP contribution in [0, 0.1) is 3.57 Å². The zero-order chi connectivity index (χ0) is 35.4. The molecular formula is C47H35I2N3. The molecule has 3 nitrogen and oxygen atoms in total. The van der Waals surface area contributed by atoms with E-state index in [2.05, 4.69) is 203 Å². The third-order valence-corrected chi connectivity index (χ3v) is 11.1. The number of fused-ring (bicyclic) bond motifs is 3. The maximum absolute atomic E-state index is 5.29. The van der Waals surface area contributed by atoms with Crippen LogP contribution < -0.4 is 0 Å². The summed E-state index contributed by atoms with van der Waals surface area (Å²) >= 11 is 4.88. The number of hydrogen-bond donors (Lipinski definition) is 1. The van der Waals surface area contributed by atoms with E-state index in [-0.39, 0.29) is 6.04 Å². The largest absolute Gasteiger partial charge is 0.353 e. The number of H-pyrrole nitrogens is 1. The van der Waals surface area contributed by atoms with Crippen molar-refractivity contribution in [2.75, 3.05) is 4.43 Å². The number of aromatic nitrogens is 1. The number of alkyl halides is 1. The average molecular weight is 896 g/mol. The van der Waals surface area contributed by atoms with Crippen LogP contribution in [0.25, 0.3) is 55.2 Å². The van der Waals surface area contributed by atoms with Crippen LogP contribution in [-0.2, 0) is 0 Å². The summed E-state index contributed by atoms with van der Waals surface area (Å²) < 4.78 is 1.98. The number of rotatable bonds is 8. The molecular weight excluding hydrogens is 860 g/mol. The van der Waals surface area contributed by atoms with Gasteiger partial charge in [0, 0.05) is 29.9 Å². The number of aromatic amines is 1. The highest BCUT2D eigenvalue weighted by molar-refractivity contribution is 14.1. The summed E-state index contributed by atoms with van der Waals surface area (Å²) in [6, 6.07) is 60.0. The van der Waals surface area contributed by atoms with Crippen molar-refractivity contribution in [1.29, 1.82) is 0 Å². The summed E-state index contributed by atoms with van der Waals surface area (Å²) in [6.07, 6.45) is 0. The van der Waals surface area contributed by atoms with Gasteiger partial charge in [-0.25, -0.2) is 4.99 Å². The Morgan fingerprint density at radius 2 is 1.10 bits per heavy atom. The van der Waals surface area contributed by atoms with Crippen LogP contribution in [0.4, 0.5) is 0 Å². The van der Waals surface area contributed by atoms with Gasteiger partial charge in [0.05, 0.1) is 22.8 Å². The molecule has 8 rings (SSSR count). The Bertz CT molecular complexity index is 2560. The number of aliphatic imine (C=N–C) groups is 2. The zero-order valence-electron chi connectivity index (χ0n) is 28.6. The van der Waals surface area contributed by atoms with Crippen LogP contribution in [0.1, 0.15) is 29.7 Å². The molecule has 0 aliphatic carbocycles. The molecule has 5 heteroatoms. The first-order valence-corrected chi connectivity index (χ1v) is 20.0. The maximum atomic E-state index is 5.29. The van der Waals surface area contributed by atoms with Crippen molar-refractivity contribution in [2.45, 2.75) is 13.0 Å². The lowest BCUT2D eigenvalue weighted by atomic mass is 9.93. The molecule has 1 heterocycles. The van der Waals surface area contributed by atoms with Crippen molar-refractivity contribution >= 4 is 78.5 Å². The molecule has 1 atom stereocenters. The van der Waals surface area contributed by atoms with E-state index in [1.165, 1.54) is 42.2 Å². The van der Waals surface area contributed by atoms with Crippen LogP contribution in [-0.4, -0.2) is 21.0 Å². The Morgan fingerprint density at radius 1 is 0.558 bits per heavy atom. The minimum atomic E-state index is -0.130. The third-order valence-electron chi connectivity index (χ3n) is 9.49. The van der Waals surface area contributed by atoms with Gasteiger partial charge in [-0.1, -0.05) is 162 Å². The SMILES string of the molecule is C[C@H](/N=C(\N=C(/CI)c1ccccc1)c1ccccc1)c1cccc(-c2cc(-c3ccccc3)cc3c2[nH]c2c(I)cc(-c4ccccc4)cc23)c1. The van der Waals surface area contributed by atoms with Gasteiger partial charge in [0.1, 0.15) is 0 Å². The number of nitrogens with one attached hydrogen (secondary N) is 1. The number of halogens is 2. The lowest BCUT2D eigenvalue weighted by Crippen LogP contribution is -2.09. The van der Waals surface area contributed by atoms with Gasteiger partial charge in [-0.15, -0.1) is 0 Å². The average Bonchev–Trinajstić information content (AvgIpc) is 3.59. The van der Waals surface area contributed by atoms with Gasteiger partial charge in [0.25, 0.3) is 0 Å². The van der Waals surface area contributed by atoms with Gasteiger partial charge in [0.15, 0.2) is 5.84 Å². The summed E-state index contributed by atoms with van der Waals surface area (Å²) in [5.74, 6) is 0.738. The van der Waals surface area contributed by atoms with E-state index in [4.69, 9.17) is 9.98 Å². The van der Waals surface area contributed by atoms with Crippen LogP contribution >= 0.6 is 45.2 Å². The first-order chi connectivity index (χ1) is 25.6. The van der Waals surface area contributed by atoms with Crippen molar-refractivity contribution in [3.05, 3.63) is 190 Å². The molecule has 0 aliphatic rings. The summed E-state index contributed by atoms with van der Waals surface area (Å²) in [5, 5.41) is 2.44. The molecule has 0 aliphatic heterocycles. The van der Waals surface area contributed by atoms with Gasteiger partial charge in [-0.05, 0) is 98.8 Å². The van der Waals surface area contributed by atoms with Gasteiger partial charge < -0.3 is 4.98 Å². The Morgan fingerprint density at radius 3 is 1.71 bits per heavy atom. The number of benzene rings is 7. The Hall–Kier alpha value is -4.86. The van der Waals surface area contributed by atoms with Gasteiger partial charge in [-0.3, -0.25) is 4.99 Å². The fourth-order valence-electron chi connectivity index (χ4n) is 6.79. The molecule has 0 saturated carbocycles. The molecule has 1 N–H and O–H groups in total. The second kappa shape index (κ2) is 15.4. The van der Waals surface area contributed by atoms with Crippen molar-refractivity contribution in [3.63, 3.8) is 0 Å². The summed E-state index contributed by atoms with van der Waals surface area (Å²) in [6.45, 7) is 2.16. The normalized spacial score (nSPS) is 12.8. The monoisotopic (exact) mass is 895 g/mol. The molecule has 0 amide bonds. The smallest absolute Gasteiger partial charge is 0.155 e. The topological polar surface area (TPSA) is 40.5 Å². The van der Waals surface area contributed by atoms with Crippen molar-refractivity contribution < 1.29 is 0 Å². The quantitative estimate of drug-likeness (QED) is 0.0683. The molecule has 0 saturated heterocycles. The molecule has 0 radical (unpaired) electrons. The Balaban J connectivity index is 1.27. The molecule has 52 heavy (non-hydrogen) atoms. The highest BCUT2D eigenvalue weighted by atomic mass is 127. The van der Waals surface area contributed by atoms with Crippen molar-refractivity contribution in [2.24, 2.45) is 9.98 Å². The lowest BCUT2D eigenvalue weighted by Gasteiger charge is -2.14. The maximum Gasteiger partial charge on any atom is 0.155 e. The summed E-state index contributed by atoms with van der Waals surface area (Å²) in [7, 11) is 0. The van der Waals surface area contributed by atoms with Crippen LogP contribution in [0.3, 0.4) is 0 Å². The molecule has 7 aromatic carbocycles. The Kier molecular flexibility index (Phi) is 10.1.